The Morgan fingerprint density at radius 1 is 0.875 bits per heavy atom. The van der Waals surface area contributed by atoms with Crippen LogP contribution in [0.15, 0.2) is 72.8 Å². The van der Waals surface area contributed by atoms with Gasteiger partial charge in [-0.2, -0.15) is 0 Å². The Labute approximate surface area is 194 Å². The number of urea groups is 1. The monoisotopic (exact) mass is 449 g/mol. The summed E-state index contributed by atoms with van der Waals surface area (Å²) in [6, 6.07) is 21.1. The molecule has 6 nitrogen and oxygen atoms in total. The standard InChI is InChI=1S/C25H27N3O3S/c1-25(2,3)18-11-13-20(14-12-18)27-24(30)28(32)21-16-17(10-15-22(21)31-4)23(29)26-19-8-6-5-7-9-19/h5-16,32H,1-4H3,(H,26,29)(H,27,30). The first-order valence-corrected chi connectivity index (χ1v) is 10.5. The normalized spacial score (nSPS) is 10.9. The van der Waals surface area contributed by atoms with Crippen molar-refractivity contribution < 1.29 is 14.3 Å². The molecular formula is C25H27N3O3S. The number of nitrogens with zero attached hydrogens (tertiary/aromatic N) is 1. The molecule has 3 amide bonds. The number of para-hydroxylation sites is 1. The molecule has 0 saturated heterocycles. The van der Waals surface area contributed by atoms with E-state index in [1.807, 2.05) is 42.5 Å². The lowest BCUT2D eigenvalue weighted by Crippen LogP contribution is -2.27. The Morgan fingerprint density at radius 2 is 1.50 bits per heavy atom. The van der Waals surface area contributed by atoms with E-state index < -0.39 is 6.03 Å². The van der Waals surface area contributed by atoms with E-state index >= 15 is 0 Å². The van der Waals surface area contributed by atoms with Gasteiger partial charge in [0.1, 0.15) is 5.75 Å². The molecule has 3 rings (SSSR count). The van der Waals surface area contributed by atoms with E-state index in [-0.39, 0.29) is 11.3 Å². The van der Waals surface area contributed by atoms with E-state index in [0.29, 0.717) is 28.4 Å². The fourth-order valence-corrected chi connectivity index (χ4v) is 3.27. The number of hydrogen-bond donors (Lipinski definition) is 3. The third-order valence-corrected chi connectivity index (χ3v) is 5.29. The molecule has 0 atom stereocenters. The molecule has 0 aromatic heterocycles. The summed E-state index contributed by atoms with van der Waals surface area (Å²) in [5.41, 5.74) is 3.21. The van der Waals surface area contributed by atoms with E-state index in [2.05, 4.69) is 44.2 Å². The molecule has 166 valence electrons. The molecule has 0 aliphatic heterocycles. The van der Waals surface area contributed by atoms with Crippen LogP contribution in [0, 0.1) is 0 Å². The average Bonchev–Trinajstić information content (AvgIpc) is 2.78. The van der Waals surface area contributed by atoms with Crippen molar-refractivity contribution in [1.82, 2.24) is 0 Å². The van der Waals surface area contributed by atoms with Crippen LogP contribution in [-0.4, -0.2) is 19.0 Å². The summed E-state index contributed by atoms with van der Waals surface area (Å²) in [7, 11) is 1.49. The van der Waals surface area contributed by atoms with E-state index in [0.717, 1.165) is 9.87 Å². The summed E-state index contributed by atoms with van der Waals surface area (Å²) in [5.74, 6) is 0.106. The zero-order valence-corrected chi connectivity index (χ0v) is 19.4. The number of nitrogens with one attached hydrogen (secondary N) is 2. The first kappa shape index (κ1) is 23.2. The summed E-state index contributed by atoms with van der Waals surface area (Å²) in [4.78, 5) is 25.5. The van der Waals surface area contributed by atoms with Crippen LogP contribution in [0.2, 0.25) is 0 Å². The lowest BCUT2D eigenvalue weighted by Gasteiger charge is -2.21. The largest absolute Gasteiger partial charge is 0.495 e. The van der Waals surface area contributed by atoms with Crippen molar-refractivity contribution in [2.45, 2.75) is 26.2 Å². The molecule has 0 heterocycles. The Kier molecular flexibility index (Phi) is 7.10. The second kappa shape index (κ2) is 9.78. The Morgan fingerprint density at radius 3 is 2.09 bits per heavy atom. The maximum absolute atomic E-state index is 12.8. The van der Waals surface area contributed by atoms with Gasteiger partial charge < -0.3 is 15.4 Å². The lowest BCUT2D eigenvalue weighted by atomic mass is 9.87. The second-order valence-electron chi connectivity index (χ2n) is 8.28. The number of amides is 3. The van der Waals surface area contributed by atoms with Gasteiger partial charge in [0.15, 0.2) is 0 Å². The van der Waals surface area contributed by atoms with Gasteiger partial charge in [0.25, 0.3) is 5.91 Å². The van der Waals surface area contributed by atoms with Crippen LogP contribution in [0.5, 0.6) is 5.75 Å². The molecular weight excluding hydrogens is 422 g/mol. The van der Waals surface area contributed by atoms with Gasteiger partial charge in [-0.3, -0.25) is 4.79 Å². The molecule has 0 spiro atoms. The van der Waals surface area contributed by atoms with E-state index in [4.69, 9.17) is 4.74 Å². The van der Waals surface area contributed by atoms with Gasteiger partial charge >= 0.3 is 6.03 Å². The van der Waals surface area contributed by atoms with Gasteiger partial charge in [0, 0.05) is 16.9 Å². The quantitative estimate of drug-likeness (QED) is 0.411. The summed E-state index contributed by atoms with van der Waals surface area (Å²) in [6.45, 7) is 6.38. The molecule has 7 heteroatoms. The number of methoxy groups -OCH3 is 1. The lowest BCUT2D eigenvalue weighted by molar-refractivity contribution is 0.102. The topological polar surface area (TPSA) is 70.7 Å². The molecule has 0 radical (unpaired) electrons. The highest BCUT2D eigenvalue weighted by molar-refractivity contribution is 7.82. The maximum atomic E-state index is 12.8. The van der Waals surface area contributed by atoms with Crippen LogP contribution in [0.3, 0.4) is 0 Å². The Hall–Kier alpha value is -3.45. The minimum atomic E-state index is -0.476. The van der Waals surface area contributed by atoms with E-state index in [9.17, 15) is 9.59 Å². The zero-order valence-electron chi connectivity index (χ0n) is 18.5. The molecule has 0 unspecified atom stereocenters. The molecule has 2 N–H and O–H groups in total. The number of ether oxygens (including phenoxy) is 1. The van der Waals surface area contributed by atoms with Gasteiger partial charge in [0.2, 0.25) is 0 Å². The number of anilines is 3. The predicted molar refractivity (Wildman–Crippen MR) is 133 cm³/mol. The van der Waals surface area contributed by atoms with Crippen molar-refractivity contribution in [2.75, 3.05) is 22.0 Å². The van der Waals surface area contributed by atoms with E-state index in [1.165, 1.54) is 7.11 Å². The highest BCUT2D eigenvalue weighted by Gasteiger charge is 2.20. The number of carbonyl (C=O) groups excluding carboxylic acids is 2. The second-order valence-corrected chi connectivity index (χ2v) is 8.68. The van der Waals surface area contributed by atoms with Crippen molar-refractivity contribution in [1.29, 1.82) is 0 Å². The summed E-state index contributed by atoms with van der Waals surface area (Å²) >= 11 is 4.36. The van der Waals surface area contributed by atoms with Crippen LogP contribution in [-0.2, 0) is 5.41 Å². The zero-order chi connectivity index (χ0) is 23.3. The van der Waals surface area contributed by atoms with Gasteiger partial charge in [0.05, 0.1) is 12.8 Å². The Bertz CT molecular complexity index is 1090. The minimum absolute atomic E-state index is 0.0201. The maximum Gasteiger partial charge on any atom is 0.336 e. The van der Waals surface area contributed by atoms with Gasteiger partial charge in [-0.1, -0.05) is 63.9 Å². The average molecular weight is 450 g/mol. The number of carbonyl (C=O) groups is 2. The van der Waals surface area contributed by atoms with Crippen LogP contribution in [0.25, 0.3) is 0 Å². The molecule has 0 aliphatic rings. The number of rotatable bonds is 5. The first-order chi connectivity index (χ1) is 15.2. The third kappa shape index (κ3) is 5.62. The van der Waals surface area contributed by atoms with Crippen molar-refractivity contribution in [3.8, 4) is 5.75 Å². The number of thiol groups is 1. The van der Waals surface area contributed by atoms with Gasteiger partial charge in [-0.05, 0) is 53.4 Å². The summed E-state index contributed by atoms with van der Waals surface area (Å²) in [6.07, 6.45) is 0. The first-order valence-electron chi connectivity index (χ1n) is 10.1. The summed E-state index contributed by atoms with van der Waals surface area (Å²) < 4.78 is 6.49. The van der Waals surface area contributed by atoms with Gasteiger partial charge in [-0.25, -0.2) is 9.10 Å². The number of benzene rings is 3. The van der Waals surface area contributed by atoms with Gasteiger partial charge in [-0.15, -0.1) is 0 Å². The van der Waals surface area contributed by atoms with Crippen LogP contribution in [0.1, 0.15) is 36.7 Å². The molecule has 3 aromatic carbocycles. The van der Waals surface area contributed by atoms with Crippen molar-refractivity contribution >= 4 is 41.8 Å². The van der Waals surface area contributed by atoms with E-state index in [1.54, 1.807) is 30.3 Å². The fourth-order valence-electron chi connectivity index (χ4n) is 3.06. The highest BCUT2D eigenvalue weighted by atomic mass is 32.1. The SMILES string of the molecule is COc1ccc(C(=O)Nc2ccccc2)cc1N(S)C(=O)Nc1ccc(C(C)(C)C)cc1. The predicted octanol–water partition coefficient (Wildman–Crippen LogP) is 6.13. The molecule has 3 aromatic rings. The molecule has 32 heavy (non-hydrogen) atoms. The molecule has 0 bridgehead atoms. The molecule has 0 saturated carbocycles. The van der Waals surface area contributed by atoms with Crippen LogP contribution in [0.4, 0.5) is 21.9 Å². The minimum Gasteiger partial charge on any atom is -0.495 e. The smallest absolute Gasteiger partial charge is 0.336 e. The molecule has 0 aliphatic carbocycles. The molecule has 0 fully saturated rings. The van der Waals surface area contributed by atoms with Crippen LogP contribution >= 0.6 is 12.8 Å². The van der Waals surface area contributed by atoms with Crippen LogP contribution < -0.4 is 19.7 Å². The van der Waals surface area contributed by atoms with Crippen molar-refractivity contribution in [3.05, 3.63) is 83.9 Å². The number of hydrogen-bond acceptors (Lipinski definition) is 4. The highest BCUT2D eigenvalue weighted by Crippen LogP contribution is 2.32. The van der Waals surface area contributed by atoms with Crippen molar-refractivity contribution in [3.63, 3.8) is 0 Å². The Balaban J connectivity index is 1.78. The third-order valence-electron chi connectivity index (χ3n) is 4.90. The van der Waals surface area contributed by atoms with Crippen molar-refractivity contribution in [2.24, 2.45) is 0 Å². The fraction of sp³-hybridized carbons (Fsp3) is 0.200. The summed E-state index contributed by atoms with van der Waals surface area (Å²) in [5, 5.41) is 5.64.